The summed E-state index contributed by atoms with van der Waals surface area (Å²) in [6, 6.07) is 19.6. The Morgan fingerprint density at radius 3 is 2.81 bits per heavy atom. The molecule has 0 radical (unpaired) electrons. The number of rotatable bonds is 6. The van der Waals surface area contributed by atoms with Gasteiger partial charge in [0.1, 0.15) is 12.4 Å². The van der Waals surface area contributed by atoms with Gasteiger partial charge in [0.2, 0.25) is 0 Å². The Labute approximate surface area is 157 Å². The fraction of sp³-hybridized carbons (Fsp3) is 0.136. The standard InChI is InChI=1S/C22H19N3O2/c26-22-12-18(25-21-14-23-10-9-20(21)22)13-24-17-7-4-8-19(11-17)27-15-16-5-2-1-3-6-16/h1-11,14,24H,12-13,15H2. The number of nitrogens with one attached hydrogen (secondary N) is 1. The van der Waals surface area contributed by atoms with Gasteiger partial charge < -0.3 is 10.1 Å². The van der Waals surface area contributed by atoms with Crippen LogP contribution in [0, 0.1) is 0 Å². The van der Waals surface area contributed by atoms with Crippen LogP contribution in [-0.4, -0.2) is 23.0 Å². The molecular weight excluding hydrogens is 338 g/mol. The highest BCUT2D eigenvalue weighted by Crippen LogP contribution is 2.25. The molecule has 0 aliphatic carbocycles. The van der Waals surface area contributed by atoms with Gasteiger partial charge in [-0.3, -0.25) is 14.8 Å². The molecule has 4 rings (SSSR count). The molecule has 0 saturated heterocycles. The number of benzene rings is 2. The molecule has 0 unspecified atom stereocenters. The van der Waals surface area contributed by atoms with Crippen molar-refractivity contribution < 1.29 is 9.53 Å². The van der Waals surface area contributed by atoms with E-state index in [9.17, 15) is 4.79 Å². The first kappa shape index (κ1) is 17.0. The summed E-state index contributed by atoms with van der Waals surface area (Å²) in [5.74, 6) is 0.874. The Morgan fingerprint density at radius 1 is 1.04 bits per heavy atom. The first-order valence-corrected chi connectivity index (χ1v) is 8.82. The molecule has 0 spiro atoms. The van der Waals surface area contributed by atoms with Crippen molar-refractivity contribution in [3.8, 4) is 5.75 Å². The number of carbonyl (C=O) groups is 1. The number of hydrogen-bond donors (Lipinski definition) is 1. The molecule has 2 heterocycles. The Bertz CT molecular complexity index is 984. The van der Waals surface area contributed by atoms with Crippen LogP contribution < -0.4 is 10.1 Å². The second kappa shape index (κ2) is 7.83. The van der Waals surface area contributed by atoms with Gasteiger partial charge in [-0.25, -0.2) is 0 Å². The van der Waals surface area contributed by atoms with Gasteiger partial charge in [0.05, 0.1) is 24.8 Å². The summed E-state index contributed by atoms with van der Waals surface area (Å²) in [4.78, 5) is 20.8. The Morgan fingerprint density at radius 2 is 1.93 bits per heavy atom. The molecule has 5 heteroatoms. The Hall–Kier alpha value is -3.47. The van der Waals surface area contributed by atoms with Crippen molar-refractivity contribution in [2.24, 2.45) is 4.99 Å². The predicted molar refractivity (Wildman–Crippen MR) is 106 cm³/mol. The third-order valence-corrected chi connectivity index (χ3v) is 4.32. The van der Waals surface area contributed by atoms with Crippen LogP contribution in [0.25, 0.3) is 0 Å². The largest absolute Gasteiger partial charge is 0.489 e. The number of ether oxygens (including phenoxy) is 1. The highest BCUT2D eigenvalue weighted by Gasteiger charge is 2.19. The summed E-state index contributed by atoms with van der Waals surface area (Å²) in [5, 5.41) is 3.32. The number of aromatic nitrogens is 1. The summed E-state index contributed by atoms with van der Waals surface area (Å²) in [6.45, 7) is 1.03. The minimum Gasteiger partial charge on any atom is -0.489 e. The maximum absolute atomic E-state index is 12.2. The van der Waals surface area contributed by atoms with Crippen LogP contribution in [-0.2, 0) is 6.61 Å². The summed E-state index contributed by atoms with van der Waals surface area (Å²) in [6.07, 6.45) is 3.58. The van der Waals surface area contributed by atoms with E-state index in [0.29, 0.717) is 30.8 Å². The molecule has 2 aromatic carbocycles. The molecule has 5 nitrogen and oxygen atoms in total. The Kier molecular flexibility index (Phi) is 4.92. The van der Waals surface area contributed by atoms with Crippen molar-refractivity contribution in [3.63, 3.8) is 0 Å². The van der Waals surface area contributed by atoms with Crippen LogP contribution in [0.5, 0.6) is 5.75 Å². The molecule has 0 fully saturated rings. The highest BCUT2D eigenvalue weighted by molar-refractivity contribution is 6.16. The summed E-state index contributed by atoms with van der Waals surface area (Å²) >= 11 is 0. The molecule has 27 heavy (non-hydrogen) atoms. The zero-order valence-corrected chi connectivity index (χ0v) is 14.8. The molecule has 1 N–H and O–H groups in total. The number of anilines is 1. The van der Waals surface area contributed by atoms with Crippen molar-refractivity contribution in [1.29, 1.82) is 0 Å². The van der Waals surface area contributed by atoms with Crippen molar-refractivity contribution in [3.05, 3.63) is 84.2 Å². The van der Waals surface area contributed by atoms with Crippen LogP contribution in [0.2, 0.25) is 0 Å². The molecule has 0 atom stereocenters. The smallest absolute Gasteiger partial charge is 0.170 e. The number of carbonyl (C=O) groups excluding carboxylic acids is 1. The second-order valence-corrected chi connectivity index (χ2v) is 6.33. The van der Waals surface area contributed by atoms with Crippen molar-refractivity contribution in [2.45, 2.75) is 13.0 Å². The number of ketones is 1. The second-order valence-electron chi connectivity index (χ2n) is 6.33. The highest BCUT2D eigenvalue weighted by atomic mass is 16.5. The van der Waals surface area contributed by atoms with E-state index in [-0.39, 0.29) is 5.78 Å². The molecular formula is C22H19N3O2. The van der Waals surface area contributed by atoms with Crippen LogP contribution in [0.1, 0.15) is 22.3 Å². The van der Waals surface area contributed by atoms with E-state index >= 15 is 0 Å². The number of hydrogen-bond acceptors (Lipinski definition) is 5. The molecule has 1 aromatic heterocycles. The van der Waals surface area contributed by atoms with E-state index in [2.05, 4.69) is 15.3 Å². The van der Waals surface area contributed by atoms with Crippen LogP contribution in [0.4, 0.5) is 11.4 Å². The van der Waals surface area contributed by atoms with Crippen molar-refractivity contribution in [2.75, 3.05) is 11.9 Å². The van der Waals surface area contributed by atoms with E-state index in [1.54, 1.807) is 18.5 Å². The van der Waals surface area contributed by atoms with E-state index in [4.69, 9.17) is 4.74 Å². The number of fused-ring (bicyclic) bond motifs is 1. The van der Waals surface area contributed by atoms with Gasteiger partial charge in [0, 0.05) is 29.2 Å². The lowest BCUT2D eigenvalue weighted by atomic mass is 10.0. The number of aliphatic imine (C=N–C) groups is 1. The van der Waals surface area contributed by atoms with Gasteiger partial charge in [0.15, 0.2) is 5.78 Å². The summed E-state index contributed by atoms with van der Waals surface area (Å²) in [5.41, 5.74) is 4.14. The minimum atomic E-state index is 0.0825. The van der Waals surface area contributed by atoms with E-state index in [1.807, 2.05) is 54.6 Å². The SMILES string of the molecule is O=C1CC(CNc2cccc(OCc3ccccc3)c2)=Nc2cnccc21. The first-order valence-electron chi connectivity index (χ1n) is 8.82. The van der Waals surface area contributed by atoms with Gasteiger partial charge in [-0.2, -0.15) is 0 Å². The lowest BCUT2D eigenvalue weighted by molar-refractivity contribution is 0.0999. The molecule has 0 amide bonds. The first-order chi connectivity index (χ1) is 13.3. The number of pyridine rings is 1. The fourth-order valence-corrected chi connectivity index (χ4v) is 2.94. The molecule has 3 aromatic rings. The van der Waals surface area contributed by atoms with Gasteiger partial charge >= 0.3 is 0 Å². The molecule has 0 saturated carbocycles. The van der Waals surface area contributed by atoms with Gasteiger partial charge in [-0.15, -0.1) is 0 Å². The molecule has 0 bridgehead atoms. The van der Waals surface area contributed by atoms with Crippen LogP contribution >= 0.6 is 0 Å². The zero-order chi connectivity index (χ0) is 18.5. The van der Waals surface area contributed by atoms with Crippen LogP contribution in [0.3, 0.4) is 0 Å². The average molecular weight is 357 g/mol. The number of nitrogens with zero attached hydrogens (tertiary/aromatic N) is 2. The topological polar surface area (TPSA) is 63.6 Å². The third kappa shape index (κ3) is 4.20. The average Bonchev–Trinajstić information content (AvgIpc) is 2.72. The van der Waals surface area contributed by atoms with Crippen molar-refractivity contribution in [1.82, 2.24) is 4.98 Å². The third-order valence-electron chi connectivity index (χ3n) is 4.32. The Balaban J connectivity index is 1.39. The minimum absolute atomic E-state index is 0.0825. The van der Waals surface area contributed by atoms with E-state index in [1.165, 1.54) is 0 Å². The predicted octanol–water partition coefficient (Wildman–Crippen LogP) is 4.43. The summed E-state index contributed by atoms with van der Waals surface area (Å²) in [7, 11) is 0. The van der Waals surface area contributed by atoms with E-state index < -0.39 is 0 Å². The lowest BCUT2D eigenvalue weighted by Crippen LogP contribution is -2.21. The fourth-order valence-electron chi connectivity index (χ4n) is 2.94. The summed E-state index contributed by atoms with van der Waals surface area (Å²) < 4.78 is 5.86. The van der Waals surface area contributed by atoms with Gasteiger partial charge in [-0.1, -0.05) is 36.4 Å². The van der Waals surface area contributed by atoms with Gasteiger partial charge in [-0.05, 0) is 23.8 Å². The molecule has 1 aliphatic rings. The van der Waals surface area contributed by atoms with Crippen LogP contribution in [0.15, 0.2) is 78.0 Å². The maximum atomic E-state index is 12.2. The number of Topliss-reactive ketones (excluding diaryl/α,β-unsaturated/α-hetero) is 1. The molecule has 134 valence electrons. The zero-order valence-electron chi connectivity index (χ0n) is 14.8. The lowest BCUT2D eigenvalue weighted by Gasteiger charge is -2.15. The van der Waals surface area contributed by atoms with E-state index in [0.717, 1.165) is 22.7 Å². The van der Waals surface area contributed by atoms with Crippen molar-refractivity contribution >= 4 is 22.9 Å². The molecule has 1 aliphatic heterocycles. The normalized spacial score (nSPS) is 12.9. The maximum Gasteiger partial charge on any atom is 0.170 e. The van der Waals surface area contributed by atoms with Gasteiger partial charge in [0.25, 0.3) is 0 Å². The monoisotopic (exact) mass is 357 g/mol. The quantitative estimate of drug-likeness (QED) is 0.709.